The molecule has 66 valence electrons. The Kier molecular flexibility index (Phi) is 5.32. The minimum Gasteiger partial charge on any atom is -0.354 e. The van der Waals surface area contributed by atoms with Crippen molar-refractivity contribution in [3.8, 4) is 0 Å². The molecule has 0 aromatic carbocycles. The Hall–Kier alpha value is -0.220. The predicted octanol–water partition coefficient (Wildman–Crippen LogP) is 0.0157. The summed E-state index contributed by atoms with van der Waals surface area (Å²) in [7, 11) is 0. The maximum atomic E-state index is 11.1. The van der Waals surface area contributed by atoms with Gasteiger partial charge in [-0.1, -0.05) is 13.8 Å². The topological polar surface area (TPSA) is 55.1 Å². The molecule has 3 N–H and O–H groups in total. The number of carbonyl (C=O) groups excluding carboxylic acids is 1. The third-order valence-corrected chi connectivity index (χ3v) is 1.66. The highest BCUT2D eigenvalue weighted by molar-refractivity contribution is 7.80. The maximum absolute atomic E-state index is 11.1. The molecule has 0 heterocycles. The Bertz CT molecular complexity index is 128. The third-order valence-electron chi connectivity index (χ3n) is 1.43. The van der Waals surface area contributed by atoms with Gasteiger partial charge in [-0.3, -0.25) is 4.79 Å². The van der Waals surface area contributed by atoms with Crippen molar-refractivity contribution in [3.63, 3.8) is 0 Å². The molecule has 0 aliphatic heterocycles. The van der Waals surface area contributed by atoms with Gasteiger partial charge in [-0.2, -0.15) is 12.6 Å². The van der Waals surface area contributed by atoms with Crippen LogP contribution < -0.4 is 11.1 Å². The van der Waals surface area contributed by atoms with E-state index in [-0.39, 0.29) is 11.8 Å². The van der Waals surface area contributed by atoms with E-state index in [1.54, 1.807) is 0 Å². The van der Waals surface area contributed by atoms with E-state index >= 15 is 0 Å². The zero-order valence-corrected chi connectivity index (χ0v) is 7.90. The lowest BCUT2D eigenvalue weighted by Crippen LogP contribution is -2.44. The maximum Gasteiger partial charge on any atom is 0.237 e. The van der Waals surface area contributed by atoms with E-state index in [2.05, 4.69) is 17.9 Å². The summed E-state index contributed by atoms with van der Waals surface area (Å²) in [4.78, 5) is 11.1. The van der Waals surface area contributed by atoms with Gasteiger partial charge in [0.1, 0.15) is 0 Å². The summed E-state index contributed by atoms with van der Waals surface area (Å²) >= 11 is 3.96. The molecule has 0 aromatic heterocycles. The highest BCUT2D eigenvalue weighted by Crippen LogP contribution is 1.97. The molecule has 0 radical (unpaired) electrons. The average molecular weight is 176 g/mol. The van der Waals surface area contributed by atoms with Gasteiger partial charge < -0.3 is 11.1 Å². The van der Waals surface area contributed by atoms with Crippen molar-refractivity contribution in [1.29, 1.82) is 0 Å². The SMILES string of the molecule is CC(C)[C@@H](N)C(=O)NCCS. The molecule has 0 bridgehead atoms. The second kappa shape index (κ2) is 5.43. The van der Waals surface area contributed by atoms with Crippen LogP contribution in [0.15, 0.2) is 0 Å². The highest BCUT2D eigenvalue weighted by atomic mass is 32.1. The van der Waals surface area contributed by atoms with Gasteiger partial charge in [0.15, 0.2) is 0 Å². The molecule has 0 aliphatic carbocycles. The number of hydrogen-bond donors (Lipinski definition) is 3. The minimum absolute atomic E-state index is 0.0888. The Balaban J connectivity index is 3.64. The van der Waals surface area contributed by atoms with Crippen LogP contribution in [0.1, 0.15) is 13.8 Å². The second-order valence-corrected chi connectivity index (χ2v) is 3.23. The van der Waals surface area contributed by atoms with E-state index in [9.17, 15) is 4.79 Å². The molecule has 3 nitrogen and oxygen atoms in total. The number of nitrogens with two attached hydrogens (primary N) is 1. The number of thiol groups is 1. The summed E-state index contributed by atoms with van der Waals surface area (Å²) in [5, 5.41) is 2.67. The molecule has 4 heteroatoms. The molecule has 1 amide bonds. The lowest BCUT2D eigenvalue weighted by atomic mass is 10.1. The molecular weight excluding hydrogens is 160 g/mol. The molecule has 0 spiro atoms. The molecule has 0 unspecified atom stereocenters. The zero-order valence-electron chi connectivity index (χ0n) is 7.00. The number of nitrogens with one attached hydrogen (secondary N) is 1. The molecule has 0 aliphatic rings. The Morgan fingerprint density at radius 3 is 2.55 bits per heavy atom. The number of rotatable bonds is 4. The van der Waals surface area contributed by atoms with Gasteiger partial charge in [0, 0.05) is 12.3 Å². The molecule has 0 fully saturated rings. The molecule has 0 saturated carbocycles. The lowest BCUT2D eigenvalue weighted by molar-refractivity contribution is -0.123. The van der Waals surface area contributed by atoms with Crippen molar-refractivity contribution in [1.82, 2.24) is 5.32 Å². The van der Waals surface area contributed by atoms with Crippen LogP contribution >= 0.6 is 12.6 Å². The molecule has 0 aromatic rings. The monoisotopic (exact) mass is 176 g/mol. The first-order valence-electron chi connectivity index (χ1n) is 3.73. The first kappa shape index (κ1) is 10.8. The van der Waals surface area contributed by atoms with Gasteiger partial charge in [0.05, 0.1) is 6.04 Å². The van der Waals surface area contributed by atoms with Crippen LogP contribution in [0.4, 0.5) is 0 Å². The van der Waals surface area contributed by atoms with Crippen molar-refractivity contribution in [2.45, 2.75) is 19.9 Å². The molecule has 0 saturated heterocycles. The predicted molar refractivity (Wildman–Crippen MR) is 49.7 cm³/mol. The first-order valence-corrected chi connectivity index (χ1v) is 4.37. The molecule has 11 heavy (non-hydrogen) atoms. The van der Waals surface area contributed by atoms with Gasteiger partial charge >= 0.3 is 0 Å². The number of carbonyl (C=O) groups is 1. The fourth-order valence-corrected chi connectivity index (χ4v) is 0.712. The van der Waals surface area contributed by atoms with Crippen LogP contribution in [-0.4, -0.2) is 24.2 Å². The van der Waals surface area contributed by atoms with Crippen LogP contribution in [0.2, 0.25) is 0 Å². The van der Waals surface area contributed by atoms with Crippen molar-refractivity contribution in [2.75, 3.05) is 12.3 Å². The lowest BCUT2D eigenvalue weighted by Gasteiger charge is -2.14. The van der Waals surface area contributed by atoms with Crippen LogP contribution in [0.5, 0.6) is 0 Å². The average Bonchev–Trinajstić information content (AvgIpc) is 1.98. The summed E-state index contributed by atoms with van der Waals surface area (Å²) in [6.07, 6.45) is 0. The Labute approximate surface area is 73.1 Å². The van der Waals surface area contributed by atoms with Gasteiger partial charge in [0.25, 0.3) is 0 Å². The van der Waals surface area contributed by atoms with E-state index < -0.39 is 6.04 Å². The second-order valence-electron chi connectivity index (χ2n) is 2.78. The summed E-state index contributed by atoms with van der Waals surface area (Å²) in [5.41, 5.74) is 5.56. The normalized spacial score (nSPS) is 13.2. The molecule has 0 rings (SSSR count). The van der Waals surface area contributed by atoms with Gasteiger partial charge in [0.2, 0.25) is 5.91 Å². The van der Waals surface area contributed by atoms with Crippen molar-refractivity contribution >= 4 is 18.5 Å². The summed E-state index contributed by atoms with van der Waals surface area (Å²) in [6, 6.07) is -0.394. The van der Waals surface area contributed by atoms with E-state index in [1.165, 1.54) is 0 Å². The molecule has 1 atom stereocenters. The van der Waals surface area contributed by atoms with E-state index in [0.717, 1.165) is 0 Å². The fraction of sp³-hybridized carbons (Fsp3) is 0.857. The van der Waals surface area contributed by atoms with Crippen LogP contribution in [0.25, 0.3) is 0 Å². The summed E-state index contributed by atoms with van der Waals surface area (Å²) in [6.45, 7) is 4.43. The third kappa shape index (κ3) is 4.27. The molecular formula is C7H16N2OS. The first-order chi connectivity index (χ1) is 5.09. The smallest absolute Gasteiger partial charge is 0.237 e. The Morgan fingerprint density at radius 1 is 1.64 bits per heavy atom. The largest absolute Gasteiger partial charge is 0.354 e. The van der Waals surface area contributed by atoms with Crippen LogP contribution in [0, 0.1) is 5.92 Å². The van der Waals surface area contributed by atoms with E-state index in [4.69, 9.17) is 5.73 Å². The quantitative estimate of drug-likeness (QED) is 0.529. The number of amides is 1. The Morgan fingerprint density at radius 2 is 2.18 bits per heavy atom. The van der Waals surface area contributed by atoms with E-state index in [1.807, 2.05) is 13.8 Å². The van der Waals surface area contributed by atoms with Crippen LogP contribution in [0.3, 0.4) is 0 Å². The van der Waals surface area contributed by atoms with Gasteiger partial charge in [-0.25, -0.2) is 0 Å². The number of hydrogen-bond acceptors (Lipinski definition) is 3. The van der Waals surface area contributed by atoms with E-state index in [0.29, 0.717) is 12.3 Å². The van der Waals surface area contributed by atoms with Crippen molar-refractivity contribution in [2.24, 2.45) is 11.7 Å². The summed E-state index contributed by atoms with van der Waals surface area (Å²) < 4.78 is 0. The summed E-state index contributed by atoms with van der Waals surface area (Å²) in [5.74, 6) is 0.750. The van der Waals surface area contributed by atoms with Gasteiger partial charge in [-0.05, 0) is 5.92 Å². The van der Waals surface area contributed by atoms with Gasteiger partial charge in [-0.15, -0.1) is 0 Å². The zero-order chi connectivity index (χ0) is 8.85. The van der Waals surface area contributed by atoms with Crippen molar-refractivity contribution < 1.29 is 4.79 Å². The fourth-order valence-electron chi connectivity index (χ4n) is 0.600. The van der Waals surface area contributed by atoms with Crippen molar-refractivity contribution in [3.05, 3.63) is 0 Å². The standard InChI is InChI=1S/C7H16N2OS/c1-5(2)6(8)7(10)9-3-4-11/h5-6,11H,3-4,8H2,1-2H3,(H,9,10)/t6-/m1/s1. The van der Waals surface area contributed by atoms with Crippen LogP contribution in [-0.2, 0) is 4.79 Å². The highest BCUT2D eigenvalue weighted by Gasteiger charge is 2.15. The minimum atomic E-state index is -0.394.